The molecule has 42 heavy (non-hydrogen) atoms. The Morgan fingerprint density at radius 2 is 1.38 bits per heavy atom. The second kappa shape index (κ2) is 11.6. The van der Waals surface area contributed by atoms with E-state index >= 15 is 0 Å². The predicted molar refractivity (Wildman–Crippen MR) is 163 cm³/mol. The van der Waals surface area contributed by atoms with Crippen LogP contribution >= 0.6 is 0 Å². The highest BCUT2D eigenvalue weighted by Crippen LogP contribution is 2.42. The molecule has 0 spiro atoms. The molecule has 2 saturated heterocycles. The molecular formula is C33H39N3O6. The zero-order valence-electron chi connectivity index (χ0n) is 24.6. The Morgan fingerprint density at radius 3 is 2.07 bits per heavy atom. The van der Waals surface area contributed by atoms with Gasteiger partial charge in [0, 0.05) is 35.8 Å². The molecule has 3 aliphatic heterocycles. The molecule has 1 aromatic heterocycles. The summed E-state index contributed by atoms with van der Waals surface area (Å²) in [6.07, 6.45) is 4.93. The number of ether oxygens (including phenoxy) is 5. The van der Waals surface area contributed by atoms with Crippen molar-refractivity contribution in [1.29, 1.82) is 0 Å². The third kappa shape index (κ3) is 4.93. The summed E-state index contributed by atoms with van der Waals surface area (Å²) < 4.78 is 31.2. The smallest absolute Gasteiger partial charge is 0.259 e. The van der Waals surface area contributed by atoms with E-state index < -0.39 is 0 Å². The fraction of sp³-hybridized carbons (Fsp3) is 0.485. The van der Waals surface area contributed by atoms with Gasteiger partial charge in [-0.1, -0.05) is 0 Å². The molecule has 0 amide bonds. The van der Waals surface area contributed by atoms with Gasteiger partial charge in [-0.05, 0) is 93.1 Å². The van der Waals surface area contributed by atoms with Crippen LogP contribution in [0.15, 0.2) is 35.1 Å². The van der Waals surface area contributed by atoms with E-state index in [0.29, 0.717) is 42.4 Å². The number of likely N-dealkylation sites (tertiary alicyclic amines) is 2. The van der Waals surface area contributed by atoms with Crippen molar-refractivity contribution >= 4 is 32.4 Å². The Bertz CT molecular complexity index is 1690. The summed E-state index contributed by atoms with van der Waals surface area (Å²) in [6, 6.07) is 10.00. The van der Waals surface area contributed by atoms with E-state index in [2.05, 4.69) is 15.9 Å². The minimum Gasteiger partial charge on any atom is -0.493 e. The zero-order valence-corrected chi connectivity index (χ0v) is 24.6. The average Bonchev–Trinajstić information content (AvgIpc) is 3.81. The molecule has 4 aromatic rings. The van der Waals surface area contributed by atoms with Crippen LogP contribution in [0, 0.1) is 0 Å². The van der Waals surface area contributed by atoms with Crippen LogP contribution in [0.25, 0.3) is 32.4 Å². The van der Waals surface area contributed by atoms with E-state index in [1.807, 2.05) is 28.8 Å². The van der Waals surface area contributed by atoms with Crippen molar-refractivity contribution in [2.24, 2.45) is 0 Å². The van der Waals surface area contributed by atoms with Gasteiger partial charge in [-0.25, -0.2) is 0 Å². The van der Waals surface area contributed by atoms with E-state index in [-0.39, 0.29) is 12.4 Å². The lowest BCUT2D eigenvalue weighted by Gasteiger charge is -2.22. The van der Waals surface area contributed by atoms with Crippen LogP contribution in [0.2, 0.25) is 0 Å². The fourth-order valence-electron chi connectivity index (χ4n) is 6.88. The van der Waals surface area contributed by atoms with Gasteiger partial charge < -0.3 is 38.1 Å². The Labute approximate surface area is 245 Å². The van der Waals surface area contributed by atoms with Crippen molar-refractivity contribution in [1.82, 2.24) is 14.4 Å². The number of hydrogen-bond acceptors (Lipinski definition) is 8. The molecule has 0 radical (unpaired) electrons. The lowest BCUT2D eigenvalue weighted by molar-refractivity contribution is 0.100. The van der Waals surface area contributed by atoms with Crippen LogP contribution in [0.1, 0.15) is 31.2 Å². The summed E-state index contributed by atoms with van der Waals surface area (Å²) in [4.78, 5) is 19.3. The molecule has 9 heteroatoms. The van der Waals surface area contributed by atoms with E-state index in [9.17, 15) is 4.79 Å². The second-order valence-electron chi connectivity index (χ2n) is 11.5. The summed E-state index contributed by atoms with van der Waals surface area (Å²) in [5, 5.41) is 4.41. The van der Waals surface area contributed by atoms with Crippen molar-refractivity contribution in [2.45, 2.75) is 38.8 Å². The van der Waals surface area contributed by atoms with E-state index in [1.54, 1.807) is 14.2 Å². The topological polar surface area (TPSA) is 74.6 Å². The van der Waals surface area contributed by atoms with Gasteiger partial charge in [0.1, 0.15) is 0 Å². The van der Waals surface area contributed by atoms with E-state index in [1.165, 1.54) is 25.7 Å². The molecule has 3 aliphatic rings. The molecule has 0 N–H and O–H groups in total. The normalized spacial score (nSPS) is 17.3. The van der Waals surface area contributed by atoms with Crippen LogP contribution in [0.3, 0.4) is 0 Å². The first kappa shape index (κ1) is 27.3. The Balaban J connectivity index is 1.44. The SMILES string of the molecule is COc1cc2c(=O)n(CCN3CCCC3)c3c4cc5c(cc4cc(COCCN4CCCC4)c3c2cc1OC)OCO5. The van der Waals surface area contributed by atoms with Crippen molar-refractivity contribution in [3.8, 4) is 23.0 Å². The number of aromatic nitrogens is 1. The molecule has 0 unspecified atom stereocenters. The Morgan fingerprint density at radius 1 is 0.738 bits per heavy atom. The molecule has 7 rings (SSSR count). The van der Waals surface area contributed by atoms with Gasteiger partial charge in [0.15, 0.2) is 23.0 Å². The van der Waals surface area contributed by atoms with Gasteiger partial charge in [0.25, 0.3) is 5.56 Å². The van der Waals surface area contributed by atoms with Gasteiger partial charge in [0.05, 0.1) is 38.3 Å². The highest BCUT2D eigenvalue weighted by Gasteiger charge is 2.23. The highest BCUT2D eigenvalue weighted by atomic mass is 16.7. The molecule has 2 fully saturated rings. The Hall–Kier alpha value is -3.53. The molecule has 4 heterocycles. The standard InChI is InChI=1S/C33H39N3O6/c1-38-27-18-25-26(19-28(27)39-2)33(37)36(12-11-34-7-3-4-8-34)32-24-17-30-29(41-21-42-30)16-22(24)15-23(31(25)32)20-40-14-13-35-9-5-6-10-35/h15-19H,3-14,20-21H2,1-2H3. The summed E-state index contributed by atoms with van der Waals surface area (Å²) in [5.74, 6) is 2.55. The van der Waals surface area contributed by atoms with Gasteiger partial charge in [-0.3, -0.25) is 4.79 Å². The monoisotopic (exact) mass is 573 g/mol. The van der Waals surface area contributed by atoms with E-state index in [4.69, 9.17) is 23.7 Å². The van der Waals surface area contributed by atoms with Crippen LogP contribution in [-0.2, 0) is 17.9 Å². The number of benzene rings is 3. The number of pyridine rings is 1. The highest BCUT2D eigenvalue weighted by molar-refractivity contribution is 6.18. The number of nitrogens with zero attached hydrogens (tertiary/aromatic N) is 3. The molecule has 3 aromatic carbocycles. The number of methoxy groups -OCH3 is 2. The molecule has 9 nitrogen and oxygen atoms in total. The lowest BCUT2D eigenvalue weighted by Crippen LogP contribution is -2.30. The third-order valence-electron chi connectivity index (χ3n) is 9.07. The van der Waals surface area contributed by atoms with Crippen molar-refractivity contribution in [2.75, 3.05) is 66.9 Å². The van der Waals surface area contributed by atoms with Crippen LogP contribution in [0.5, 0.6) is 23.0 Å². The predicted octanol–water partition coefficient (Wildman–Crippen LogP) is 4.76. The second-order valence-corrected chi connectivity index (χ2v) is 11.5. The maximum Gasteiger partial charge on any atom is 0.259 e. The van der Waals surface area contributed by atoms with Crippen LogP contribution < -0.4 is 24.5 Å². The lowest BCUT2D eigenvalue weighted by atomic mass is 9.95. The van der Waals surface area contributed by atoms with Gasteiger partial charge in [0.2, 0.25) is 6.79 Å². The van der Waals surface area contributed by atoms with Crippen LogP contribution in [-0.4, -0.2) is 81.3 Å². The molecule has 0 bridgehead atoms. The first-order chi connectivity index (χ1) is 20.6. The minimum absolute atomic E-state index is 0.0382. The van der Waals surface area contributed by atoms with Gasteiger partial charge >= 0.3 is 0 Å². The van der Waals surface area contributed by atoms with Crippen molar-refractivity contribution in [3.05, 3.63) is 46.2 Å². The van der Waals surface area contributed by atoms with Crippen molar-refractivity contribution < 1.29 is 23.7 Å². The number of fused-ring (bicyclic) bond motifs is 6. The molecule has 0 atom stereocenters. The van der Waals surface area contributed by atoms with Gasteiger partial charge in [-0.15, -0.1) is 0 Å². The first-order valence-electron chi connectivity index (χ1n) is 15.1. The molecular weight excluding hydrogens is 534 g/mol. The third-order valence-corrected chi connectivity index (χ3v) is 9.07. The van der Waals surface area contributed by atoms with E-state index in [0.717, 1.165) is 77.6 Å². The summed E-state index contributed by atoms with van der Waals surface area (Å²) in [7, 11) is 3.23. The first-order valence-corrected chi connectivity index (χ1v) is 15.1. The number of rotatable bonds is 10. The maximum absolute atomic E-state index is 14.4. The maximum atomic E-state index is 14.4. The average molecular weight is 574 g/mol. The molecule has 0 aliphatic carbocycles. The summed E-state index contributed by atoms with van der Waals surface area (Å²) in [5.41, 5.74) is 1.89. The Kier molecular flexibility index (Phi) is 7.56. The fourth-order valence-corrected chi connectivity index (χ4v) is 6.88. The minimum atomic E-state index is -0.0382. The number of hydrogen-bond donors (Lipinski definition) is 0. The quantitative estimate of drug-likeness (QED) is 0.199. The zero-order chi connectivity index (χ0) is 28.6. The van der Waals surface area contributed by atoms with Gasteiger partial charge in [-0.2, -0.15) is 0 Å². The summed E-state index contributed by atoms with van der Waals surface area (Å²) >= 11 is 0. The largest absolute Gasteiger partial charge is 0.493 e. The van der Waals surface area contributed by atoms with Crippen LogP contribution in [0.4, 0.5) is 0 Å². The molecule has 222 valence electrons. The summed E-state index contributed by atoms with van der Waals surface area (Å²) in [6.45, 7) is 8.04. The molecule has 0 saturated carbocycles. The van der Waals surface area contributed by atoms with Crippen molar-refractivity contribution in [3.63, 3.8) is 0 Å².